The lowest BCUT2D eigenvalue weighted by atomic mass is 9.98. The van der Waals surface area contributed by atoms with Gasteiger partial charge in [-0.2, -0.15) is 0 Å². The molecule has 0 heterocycles. The van der Waals surface area contributed by atoms with Gasteiger partial charge in [0, 0.05) is 17.7 Å². The van der Waals surface area contributed by atoms with Gasteiger partial charge in [0.05, 0.1) is 0 Å². The second kappa shape index (κ2) is 4.80. The van der Waals surface area contributed by atoms with E-state index in [2.05, 4.69) is 13.8 Å². The van der Waals surface area contributed by atoms with Gasteiger partial charge in [-0.25, -0.2) is 0 Å². The van der Waals surface area contributed by atoms with Crippen LogP contribution in [0, 0.1) is 5.92 Å². The third kappa shape index (κ3) is 2.87. The van der Waals surface area contributed by atoms with E-state index in [0.29, 0.717) is 18.0 Å². The summed E-state index contributed by atoms with van der Waals surface area (Å²) in [7, 11) is 0. The Morgan fingerprint density at radius 1 is 1.36 bits per heavy atom. The van der Waals surface area contributed by atoms with Crippen LogP contribution in [0.2, 0.25) is 0 Å². The largest absolute Gasteiger partial charge is 0.399 e. The molecule has 0 aliphatic carbocycles. The fourth-order valence-corrected chi connectivity index (χ4v) is 1.25. The molecule has 2 N–H and O–H groups in total. The van der Waals surface area contributed by atoms with Crippen LogP contribution < -0.4 is 5.73 Å². The highest BCUT2D eigenvalue weighted by Crippen LogP contribution is 2.13. The number of hydrogen-bond acceptors (Lipinski definition) is 2. The molecule has 1 rings (SSSR count). The number of Topliss-reactive ketones (excluding diaryl/α,β-unsaturated/α-hetero) is 1. The van der Waals surface area contributed by atoms with Crippen LogP contribution in [0.25, 0.3) is 0 Å². The number of nitrogens with two attached hydrogens (primary N) is 1. The maximum absolute atomic E-state index is 11.7. The molecule has 0 saturated carbocycles. The summed E-state index contributed by atoms with van der Waals surface area (Å²) in [5.41, 5.74) is 7.01. The van der Waals surface area contributed by atoms with Crippen molar-refractivity contribution < 1.29 is 4.79 Å². The Balaban J connectivity index is 2.65. The summed E-state index contributed by atoms with van der Waals surface area (Å²) in [6.07, 6.45) is 1.67. The quantitative estimate of drug-likeness (QED) is 0.587. The average Bonchev–Trinajstić information content (AvgIpc) is 2.18. The lowest BCUT2D eigenvalue weighted by Crippen LogP contribution is -2.05. The van der Waals surface area contributed by atoms with Gasteiger partial charge in [-0.15, -0.1) is 0 Å². The van der Waals surface area contributed by atoms with Gasteiger partial charge in [0.25, 0.3) is 0 Å². The molecule has 0 radical (unpaired) electrons. The van der Waals surface area contributed by atoms with Crippen molar-refractivity contribution in [3.05, 3.63) is 29.8 Å². The molecule has 0 spiro atoms. The van der Waals surface area contributed by atoms with Gasteiger partial charge in [-0.1, -0.05) is 20.3 Å². The normalized spacial score (nSPS) is 12.4. The molecule has 1 aromatic rings. The topological polar surface area (TPSA) is 43.1 Å². The van der Waals surface area contributed by atoms with E-state index in [1.165, 1.54) is 0 Å². The van der Waals surface area contributed by atoms with Gasteiger partial charge in [0.15, 0.2) is 5.78 Å². The zero-order valence-electron chi connectivity index (χ0n) is 8.79. The molecule has 0 amide bonds. The fraction of sp³-hybridized carbons (Fsp3) is 0.417. The summed E-state index contributed by atoms with van der Waals surface area (Å²) in [4.78, 5) is 11.7. The number of ketones is 1. The molecule has 0 fully saturated rings. The number of rotatable bonds is 4. The lowest BCUT2D eigenvalue weighted by Gasteiger charge is -2.06. The van der Waals surface area contributed by atoms with Gasteiger partial charge in [0.2, 0.25) is 0 Å². The van der Waals surface area contributed by atoms with Gasteiger partial charge >= 0.3 is 0 Å². The highest BCUT2D eigenvalue weighted by Gasteiger charge is 2.09. The molecule has 2 heteroatoms. The van der Waals surface area contributed by atoms with E-state index in [0.717, 1.165) is 12.0 Å². The molecule has 1 atom stereocenters. The Kier molecular flexibility index (Phi) is 3.69. The van der Waals surface area contributed by atoms with Crippen molar-refractivity contribution in [1.29, 1.82) is 0 Å². The highest BCUT2D eigenvalue weighted by atomic mass is 16.1. The Bertz CT molecular complexity index is 303. The number of nitrogen functional groups attached to an aromatic ring is 1. The summed E-state index contributed by atoms with van der Waals surface area (Å²) in [5.74, 6) is 0.666. The molecule has 0 bridgehead atoms. The second-order valence-corrected chi connectivity index (χ2v) is 3.76. The van der Waals surface area contributed by atoms with Crippen molar-refractivity contribution in [2.75, 3.05) is 5.73 Å². The molecular formula is C12H17NO. The van der Waals surface area contributed by atoms with E-state index in [1.807, 2.05) is 0 Å². The average molecular weight is 191 g/mol. The monoisotopic (exact) mass is 191 g/mol. The van der Waals surface area contributed by atoms with Crippen molar-refractivity contribution >= 4 is 11.5 Å². The van der Waals surface area contributed by atoms with E-state index in [1.54, 1.807) is 24.3 Å². The first-order valence-electron chi connectivity index (χ1n) is 5.02. The zero-order valence-corrected chi connectivity index (χ0v) is 8.79. The molecule has 0 aromatic heterocycles. The van der Waals surface area contributed by atoms with Crippen LogP contribution in [0.4, 0.5) is 5.69 Å². The minimum atomic E-state index is 0.208. The number of carbonyl (C=O) groups is 1. The van der Waals surface area contributed by atoms with Crippen LogP contribution in [0.1, 0.15) is 37.0 Å². The van der Waals surface area contributed by atoms with Gasteiger partial charge in [-0.05, 0) is 30.2 Å². The molecule has 2 nitrogen and oxygen atoms in total. The molecule has 0 aliphatic heterocycles. The van der Waals surface area contributed by atoms with Crippen molar-refractivity contribution in [2.45, 2.75) is 26.7 Å². The van der Waals surface area contributed by atoms with Crippen LogP contribution in [-0.2, 0) is 0 Å². The maximum atomic E-state index is 11.7. The molecule has 0 saturated heterocycles. The highest BCUT2D eigenvalue weighted by molar-refractivity contribution is 5.96. The standard InChI is InChI=1S/C12H17NO/c1-3-9(2)8-12(14)10-4-6-11(13)7-5-10/h4-7,9H,3,8,13H2,1-2H3. The molecule has 1 aromatic carbocycles. The summed E-state index contributed by atoms with van der Waals surface area (Å²) in [6.45, 7) is 4.19. The third-order valence-corrected chi connectivity index (χ3v) is 2.46. The molecule has 76 valence electrons. The van der Waals surface area contributed by atoms with Crippen LogP contribution >= 0.6 is 0 Å². The summed E-state index contributed by atoms with van der Waals surface area (Å²) in [6, 6.07) is 7.12. The SMILES string of the molecule is CCC(C)CC(=O)c1ccc(N)cc1. The molecule has 1 unspecified atom stereocenters. The van der Waals surface area contributed by atoms with Gasteiger partial charge in [0.1, 0.15) is 0 Å². The predicted octanol–water partition coefficient (Wildman–Crippen LogP) is 2.89. The lowest BCUT2D eigenvalue weighted by molar-refractivity contribution is 0.0963. The Hall–Kier alpha value is -1.31. The van der Waals surface area contributed by atoms with Crippen molar-refractivity contribution in [1.82, 2.24) is 0 Å². The van der Waals surface area contributed by atoms with E-state index in [9.17, 15) is 4.79 Å². The fourth-order valence-electron chi connectivity index (χ4n) is 1.25. The zero-order chi connectivity index (χ0) is 10.6. The minimum Gasteiger partial charge on any atom is -0.399 e. The van der Waals surface area contributed by atoms with E-state index < -0.39 is 0 Å². The van der Waals surface area contributed by atoms with E-state index >= 15 is 0 Å². The third-order valence-electron chi connectivity index (χ3n) is 2.46. The van der Waals surface area contributed by atoms with E-state index in [-0.39, 0.29) is 5.78 Å². The number of carbonyl (C=O) groups excluding carboxylic acids is 1. The summed E-state index contributed by atoms with van der Waals surface area (Å²) in [5, 5.41) is 0. The minimum absolute atomic E-state index is 0.208. The summed E-state index contributed by atoms with van der Waals surface area (Å²) < 4.78 is 0. The van der Waals surface area contributed by atoms with Crippen molar-refractivity contribution in [3.8, 4) is 0 Å². The number of anilines is 1. The van der Waals surface area contributed by atoms with Gasteiger partial charge < -0.3 is 5.73 Å². The van der Waals surface area contributed by atoms with Crippen LogP contribution in [0.15, 0.2) is 24.3 Å². The van der Waals surface area contributed by atoms with E-state index in [4.69, 9.17) is 5.73 Å². The summed E-state index contributed by atoms with van der Waals surface area (Å²) >= 11 is 0. The number of benzene rings is 1. The van der Waals surface area contributed by atoms with Crippen LogP contribution in [0.3, 0.4) is 0 Å². The van der Waals surface area contributed by atoms with Crippen LogP contribution in [0.5, 0.6) is 0 Å². The molecular weight excluding hydrogens is 174 g/mol. The Labute approximate surface area is 85.1 Å². The number of hydrogen-bond donors (Lipinski definition) is 1. The maximum Gasteiger partial charge on any atom is 0.163 e. The first-order chi connectivity index (χ1) is 6.63. The second-order valence-electron chi connectivity index (χ2n) is 3.76. The predicted molar refractivity (Wildman–Crippen MR) is 59.3 cm³/mol. The first-order valence-corrected chi connectivity index (χ1v) is 5.02. The molecule has 14 heavy (non-hydrogen) atoms. The Morgan fingerprint density at radius 2 is 1.93 bits per heavy atom. The van der Waals surface area contributed by atoms with Crippen molar-refractivity contribution in [2.24, 2.45) is 5.92 Å². The smallest absolute Gasteiger partial charge is 0.163 e. The van der Waals surface area contributed by atoms with Crippen LogP contribution in [-0.4, -0.2) is 5.78 Å². The van der Waals surface area contributed by atoms with Crippen molar-refractivity contribution in [3.63, 3.8) is 0 Å². The molecule has 0 aliphatic rings. The first kappa shape index (κ1) is 10.8. The Morgan fingerprint density at radius 3 is 2.43 bits per heavy atom. The van der Waals surface area contributed by atoms with Gasteiger partial charge in [-0.3, -0.25) is 4.79 Å².